The molecule has 1 aliphatic rings. The van der Waals surface area contributed by atoms with Crippen LogP contribution in [0, 0.1) is 18.6 Å². The van der Waals surface area contributed by atoms with E-state index in [4.69, 9.17) is 0 Å². The van der Waals surface area contributed by atoms with Gasteiger partial charge in [0.05, 0.1) is 22.8 Å². The van der Waals surface area contributed by atoms with Crippen LogP contribution in [-0.4, -0.2) is 29.9 Å². The molecule has 0 spiro atoms. The largest absolute Gasteiger partial charge is 0.324 e. The number of nitrogens with one attached hydrogen (secondary N) is 1. The Hall–Kier alpha value is -3.26. The number of hydrogen-bond acceptors (Lipinski definition) is 3. The Labute approximate surface area is 182 Å². The fraction of sp³-hybridized carbons (Fsp3) is 0.217. The molecule has 3 aromatic rings. The van der Waals surface area contributed by atoms with Crippen molar-refractivity contribution in [1.82, 2.24) is 4.90 Å². The molecule has 1 fully saturated rings. The minimum Gasteiger partial charge on any atom is -0.320 e. The molecule has 1 saturated heterocycles. The third-order valence-corrected chi connectivity index (χ3v) is 5.98. The van der Waals surface area contributed by atoms with Gasteiger partial charge in [0.25, 0.3) is 5.91 Å². The van der Waals surface area contributed by atoms with E-state index in [2.05, 4.69) is 5.32 Å². The average molecular weight is 442 g/mol. The molecular weight excluding hydrogens is 420 g/mol. The lowest BCUT2D eigenvalue weighted by Crippen LogP contribution is -2.49. The molecule has 0 saturated carbocycles. The first-order chi connectivity index (χ1) is 14.9. The molecule has 2 aromatic carbocycles. The van der Waals surface area contributed by atoms with Gasteiger partial charge in [0, 0.05) is 18.7 Å². The highest BCUT2D eigenvalue weighted by atomic mass is 32.1. The zero-order valence-electron chi connectivity index (χ0n) is 16.9. The maximum Gasteiger partial charge on any atom is 0.324 e. The van der Waals surface area contributed by atoms with E-state index in [0.717, 1.165) is 23.8 Å². The standard InChI is InChI=1S/C23H21F2N3O2S/c1-15-5-8-20(19(12-15)26-22(29)21-4-2-11-31-21)28-10-3-9-27(23(28)30)14-16-13-17(24)6-7-18(16)25/h2,4-8,11-13H,3,9-10,14H2,1H3,(H,26,29). The van der Waals surface area contributed by atoms with Crippen LogP contribution in [0.2, 0.25) is 0 Å². The lowest BCUT2D eigenvalue weighted by atomic mass is 10.1. The minimum atomic E-state index is -0.550. The van der Waals surface area contributed by atoms with Crippen LogP contribution >= 0.6 is 11.3 Å². The predicted molar refractivity (Wildman–Crippen MR) is 118 cm³/mol. The van der Waals surface area contributed by atoms with Crippen molar-refractivity contribution in [3.8, 4) is 0 Å². The highest BCUT2D eigenvalue weighted by Crippen LogP contribution is 2.31. The molecule has 4 rings (SSSR count). The lowest BCUT2D eigenvalue weighted by Gasteiger charge is -2.36. The van der Waals surface area contributed by atoms with Crippen molar-refractivity contribution in [3.63, 3.8) is 0 Å². The van der Waals surface area contributed by atoms with Crippen LogP contribution in [0.4, 0.5) is 25.0 Å². The van der Waals surface area contributed by atoms with Crippen molar-refractivity contribution in [2.75, 3.05) is 23.3 Å². The quantitative estimate of drug-likeness (QED) is 0.575. The summed E-state index contributed by atoms with van der Waals surface area (Å²) >= 11 is 1.33. The van der Waals surface area contributed by atoms with Gasteiger partial charge in [-0.2, -0.15) is 0 Å². The van der Waals surface area contributed by atoms with Crippen LogP contribution in [-0.2, 0) is 6.54 Å². The first-order valence-electron chi connectivity index (χ1n) is 9.88. The third kappa shape index (κ3) is 4.59. The van der Waals surface area contributed by atoms with Crippen LogP contribution in [0.1, 0.15) is 27.2 Å². The van der Waals surface area contributed by atoms with Gasteiger partial charge in [0.1, 0.15) is 11.6 Å². The highest BCUT2D eigenvalue weighted by Gasteiger charge is 2.29. The van der Waals surface area contributed by atoms with Crippen LogP contribution in [0.5, 0.6) is 0 Å². The molecule has 31 heavy (non-hydrogen) atoms. The van der Waals surface area contributed by atoms with Gasteiger partial charge in [-0.25, -0.2) is 13.6 Å². The summed E-state index contributed by atoms with van der Waals surface area (Å²) in [7, 11) is 0. The van der Waals surface area contributed by atoms with E-state index in [1.54, 1.807) is 23.1 Å². The highest BCUT2D eigenvalue weighted by molar-refractivity contribution is 7.12. The van der Waals surface area contributed by atoms with Crippen LogP contribution < -0.4 is 10.2 Å². The first kappa shape index (κ1) is 21.0. The fourth-order valence-electron chi connectivity index (χ4n) is 3.60. The number of hydrogen-bond donors (Lipinski definition) is 1. The molecule has 0 atom stereocenters. The van der Waals surface area contributed by atoms with Gasteiger partial charge in [0.2, 0.25) is 0 Å². The summed E-state index contributed by atoms with van der Waals surface area (Å²) in [5, 5.41) is 4.73. The van der Waals surface area contributed by atoms with Gasteiger partial charge < -0.3 is 10.2 Å². The zero-order valence-corrected chi connectivity index (χ0v) is 17.7. The number of thiophene rings is 1. The maximum absolute atomic E-state index is 14.1. The molecule has 0 radical (unpaired) electrons. The number of carbonyl (C=O) groups excluding carboxylic acids is 2. The number of anilines is 2. The molecule has 0 bridgehead atoms. The number of nitrogens with zero attached hydrogens (tertiary/aromatic N) is 2. The van der Waals surface area contributed by atoms with Gasteiger partial charge in [-0.1, -0.05) is 12.1 Å². The predicted octanol–water partition coefficient (Wildman–Crippen LogP) is 5.42. The summed E-state index contributed by atoms with van der Waals surface area (Å²) in [6.07, 6.45) is 0.662. The molecule has 1 aliphatic heterocycles. The molecule has 160 valence electrons. The normalized spacial score (nSPS) is 14.1. The summed E-state index contributed by atoms with van der Waals surface area (Å²) in [5.74, 6) is -1.34. The SMILES string of the molecule is Cc1ccc(N2CCCN(Cc3cc(F)ccc3F)C2=O)c(NC(=O)c2cccs2)c1. The topological polar surface area (TPSA) is 52.6 Å². The van der Waals surface area contributed by atoms with E-state index in [1.807, 2.05) is 24.4 Å². The van der Waals surface area contributed by atoms with E-state index >= 15 is 0 Å². The Bertz CT molecular complexity index is 1120. The molecular formula is C23H21F2N3O2S. The molecule has 3 amide bonds. The van der Waals surface area contributed by atoms with Crippen molar-refractivity contribution >= 4 is 34.6 Å². The summed E-state index contributed by atoms with van der Waals surface area (Å²) in [6.45, 7) is 2.78. The molecule has 2 heterocycles. The number of halogens is 2. The number of aryl methyl sites for hydroxylation is 1. The Kier molecular flexibility index (Phi) is 5.99. The zero-order chi connectivity index (χ0) is 22.0. The second-order valence-electron chi connectivity index (χ2n) is 7.40. The van der Waals surface area contributed by atoms with Gasteiger partial charge >= 0.3 is 6.03 Å². The van der Waals surface area contributed by atoms with Gasteiger partial charge in [-0.15, -0.1) is 11.3 Å². The van der Waals surface area contributed by atoms with E-state index < -0.39 is 11.6 Å². The number of amides is 3. The molecule has 1 N–H and O–H groups in total. The minimum absolute atomic E-state index is 0.0261. The second-order valence-corrected chi connectivity index (χ2v) is 8.34. The number of urea groups is 1. The Morgan fingerprint density at radius 1 is 1.13 bits per heavy atom. The third-order valence-electron chi connectivity index (χ3n) is 5.12. The van der Waals surface area contributed by atoms with E-state index in [1.165, 1.54) is 16.2 Å². The smallest absolute Gasteiger partial charge is 0.320 e. The van der Waals surface area contributed by atoms with Crippen LogP contribution in [0.25, 0.3) is 0 Å². The number of rotatable bonds is 5. The summed E-state index contributed by atoms with van der Waals surface area (Å²) in [6, 6.07) is 11.9. The summed E-state index contributed by atoms with van der Waals surface area (Å²) in [5.41, 5.74) is 2.18. The second kappa shape index (κ2) is 8.85. The van der Waals surface area contributed by atoms with E-state index in [0.29, 0.717) is 35.8 Å². The number of carbonyl (C=O) groups is 2. The lowest BCUT2D eigenvalue weighted by molar-refractivity contribution is 0.103. The van der Waals surface area contributed by atoms with Crippen molar-refractivity contribution in [3.05, 3.63) is 81.5 Å². The molecule has 1 aromatic heterocycles. The Morgan fingerprint density at radius 2 is 1.97 bits per heavy atom. The van der Waals surface area contributed by atoms with Gasteiger partial charge in [0.15, 0.2) is 0 Å². The first-order valence-corrected chi connectivity index (χ1v) is 10.8. The molecule has 8 heteroatoms. The molecule has 0 unspecified atom stereocenters. The fourth-order valence-corrected chi connectivity index (χ4v) is 4.22. The molecule has 0 aliphatic carbocycles. The van der Waals surface area contributed by atoms with Crippen molar-refractivity contribution < 1.29 is 18.4 Å². The molecule has 5 nitrogen and oxygen atoms in total. The van der Waals surface area contributed by atoms with Crippen LogP contribution in [0.3, 0.4) is 0 Å². The summed E-state index contributed by atoms with van der Waals surface area (Å²) < 4.78 is 27.6. The van der Waals surface area contributed by atoms with Crippen molar-refractivity contribution in [2.45, 2.75) is 19.9 Å². The van der Waals surface area contributed by atoms with Crippen molar-refractivity contribution in [2.24, 2.45) is 0 Å². The van der Waals surface area contributed by atoms with Gasteiger partial charge in [-0.3, -0.25) is 9.69 Å². The van der Waals surface area contributed by atoms with Gasteiger partial charge in [-0.05, 0) is 60.7 Å². The van der Waals surface area contributed by atoms with E-state index in [9.17, 15) is 18.4 Å². The van der Waals surface area contributed by atoms with Crippen LogP contribution in [0.15, 0.2) is 53.9 Å². The number of benzene rings is 2. The Morgan fingerprint density at radius 3 is 2.74 bits per heavy atom. The maximum atomic E-state index is 14.1. The van der Waals surface area contributed by atoms with Crippen molar-refractivity contribution in [1.29, 1.82) is 0 Å². The average Bonchev–Trinajstić information content (AvgIpc) is 3.28. The Balaban J connectivity index is 1.59. The van der Waals surface area contributed by atoms with E-state index in [-0.39, 0.29) is 24.0 Å². The monoisotopic (exact) mass is 441 g/mol. The summed E-state index contributed by atoms with van der Waals surface area (Å²) in [4.78, 5) is 29.4.